The Kier molecular flexibility index (Phi) is 2.88. The molecule has 0 aromatic heterocycles. The number of halogens is 1. The fourth-order valence-corrected chi connectivity index (χ4v) is 0.195. The molecule has 0 N–H and O–H groups in total. The zero-order chi connectivity index (χ0) is 4.99. The molecule has 0 saturated heterocycles. The minimum absolute atomic E-state index is 0.00926. The van der Waals surface area contributed by atoms with Crippen LogP contribution in [0.15, 0.2) is 0 Å². The predicted octanol–water partition coefficient (Wildman–Crippen LogP) is 1.53. The lowest BCUT2D eigenvalue weighted by Gasteiger charge is -1.85. The molecule has 34 valence electrons. The third-order valence-corrected chi connectivity index (χ3v) is 0.527. The first-order valence-corrected chi connectivity index (χ1v) is 2.22. The van der Waals surface area contributed by atoms with Crippen molar-refractivity contribution in [1.82, 2.24) is 0 Å². The van der Waals surface area contributed by atoms with Gasteiger partial charge in [-0.3, -0.25) is 0 Å². The van der Waals surface area contributed by atoms with Crippen LogP contribution in [0.25, 0.3) is 0 Å². The van der Waals surface area contributed by atoms with Crippen LogP contribution >= 0.6 is 11.6 Å². The molecule has 2 heteroatoms. The van der Waals surface area contributed by atoms with E-state index >= 15 is 0 Å². The molecule has 0 amide bonds. The van der Waals surface area contributed by atoms with E-state index in [0.29, 0.717) is 6.42 Å². The largest absolute Gasteiger partial charge is 0.198 e. The summed E-state index contributed by atoms with van der Waals surface area (Å²) in [6.07, 6.45) is 0.446. The van der Waals surface area contributed by atoms with Crippen molar-refractivity contribution >= 4 is 11.6 Å². The average molecular weight is 104 g/mol. The molecule has 0 radical (unpaired) electrons. The summed E-state index contributed by atoms with van der Waals surface area (Å²) in [5, 5.41) is 7.91. The fraction of sp³-hybridized carbons (Fsp3) is 0.750. The molecule has 0 bridgehead atoms. The van der Waals surface area contributed by atoms with E-state index in [0.717, 1.165) is 0 Å². The Labute approximate surface area is 42.5 Å². The summed E-state index contributed by atoms with van der Waals surface area (Å²) < 4.78 is 0. The van der Waals surface area contributed by atoms with Crippen LogP contribution in [0.5, 0.6) is 0 Å². The third-order valence-electron chi connectivity index (χ3n) is 0.373. The second-order valence-corrected chi connectivity index (χ2v) is 1.89. The molecule has 0 aromatic rings. The van der Waals surface area contributed by atoms with E-state index in [1.807, 2.05) is 6.07 Å². The van der Waals surface area contributed by atoms with Crippen LogP contribution in [-0.2, 0) is 0 Å². The minimum atomic E-state index is 0.00926. The predicted molar refractivity (Wildman–Crippen MR) is 25.5 cm³/mol. The quantitative estimate of drug-likeness (QED) is 0.462. The summed E-state index contributed by atoms with van der Waals surface area (Å²) in [5.74, 6) is 0. The van der Waals surface area contributed by atoms with Crippen LogP contribution in [0, 0.1) is 11.3 Å². The Morgan fingerprint density at radius 3 is 2.50 bits per heavy atom. The van der Waals surface area contributed by atoms with Gasteiger partial charge in [0.1, 0.15) is 0 Å². The van der Waals surface area contributed by atoms with Crippen molar-refractivity contribution in [2.45, 2.75) is 18.7 Å². The van der Waals surface area contributed by atoms with E-state index in [1.165, 1.54) is 0 Å². The van der Waals surface area contributed by atoms with Gasteiger partial charge in [0.25, 0.3) is 0 Å². The van der Waals surface area contributed by atoms with E-state index < -0.39 is 0 Å². The summed E-state index contributed by atoms with van der Waals surface area (Å²) >= 11 is 5.36. The van der Waals surface area contributed by atoms with Gasteiger partial charge in [-0.2, -0.15) is 5.26 Å². The number of hydrogen-bond acceptors (Lipinski definition) is 1. The van der Waals surface area contributed by atoms with Crippen LogP contribution in [0.1, 0.15) is 13.3 Å². The normalized spacial score (nSPS) is 12.8. The van der Waals surface area contributed by atoms with E-state index in [4.69, 9.17) is 16.9 Å². The molecule has 0 aliphatic rings. The number of nitriles is 1. The van der Waals surface area contributed by atoms with E-state index in [2.05, 4.69) is 0 Å². The van der Waals surface area contributed by atoms with Crippen LogP contribution < -0.4 is 0 Å². The molecule has 0 fully saturated rings. The summed E-state index contributed by atoms with van der Waals surface area (Å²) in [6, 6.07) is 1.94. The van der Waals surface area contributed by atoms with Gasteiger partial charge in [0, 0.05) is 5.38 Å². The number of alkyl halides is 1. The summed E-state index contributed by atoms with van der Waals surface area (Å²) in [4.78, 5) is 0. The van der Waals surface area contributed by atoms with Gasteiger partial charge in [-0.05, 0) is 6.92 Å². The van der Waals surface area contributed by atoms with Crippen LogP contribution in [0.2, 0.25) is 0 Å². The highest BCUT2D eigenvalue weighted by Crippen LogP contribution is 1.95. The van der Waals surface area contributed by atoms with Crippen molar-refractivity contribution in [2.24, 2.45) is 0 Å². The van der Waals surface area contributed by atoms with Crippen molar-refractivity contribution in [3.05, 3.63) is 0 Å². The maximum absolute atomic E-state index is 7.90. The zero-order valence-corrected chi connectivity index (χ0v) is 4.37. The third kappa shape index (κ3) is 3.78. The van der Waals surface area contributed by atoms with E-state index in [9.17, 15) is 0 Å². The number of hydrogen-bond donors (Lipinski definition) is 0. The van der Waals surface area contributed by atoms with Gasteiger partial charge in [-0.25, -0.2) is 0 Å². The van der Waals surface area contributed by atoms with Crippen LogP contribution in [0.4, 0.5) is 0 Å². The number of rotatable bonds is 1. The molecule has 0 aromatic carbocycles. The maximum atomic E-state index is 7.90. The first-order chi connectivity index (χ1) is 2.77. The molecular formula is C4H6ClN. The smallest absolute Gasteiger partial charge is 0.0637 e. The van der Waals surface area contributed by atoms with Gasteiger partial charge in [0.15, 0.2) is 0 Å². The Morgan fingerprint density at radius 1 is 2.00 bits per heavy atom. The summed E-state index contributed by atoms with van der Waals surface area (Å²) in [5.41, 5.74) is 0. The van der Waals surface area contributed by atoms with Crippen LogP contribution in [0.3, 0.4) is 0 Å². The van der Waals surface area contributed by atoms with Crippen molar-refractivity contribution < 1.29 is 0 Å². The molecule has 0 rings (SSSR count). The van der Waals surface area contributed by atoms with Gasteiger partial charge in [-0.15, -0.1) is 11.6 Å². The van der Waals surface area contributed by atoms with Crippen LogP contribution in [-0.4, -0.2) is 5.38 Å². The second kappa shape index (κ2) is 2.99. The molecule has 6 heavy (non-hydrogen) atoms. The highest BCUT2D eigenvalue weighted by Gasteiger charge is 1.88. The van der Waals surface area contributed by atoms with Crippen molar-refractivity contribution in [3.8, 4) is 6.07 Å². The Balaban J connectivity index is 2.88. The molecule has 0 spiro atoms. The minimum Gasteiger partial charge on any atom is -0.198 e. The molecule has 1 nitrogen and oxygen atoms in total. The fourth-order valence-electron chi connectivity index (χ4n) is 0.126. The Morgan fingerprint density at radius 2 is 2.50 bits per heavy atom. The topological polar surface area (TPSA) is 23.8 Å². The van der Waals surface area contributed by atoms with E-state index in [-0.39, 0.29) is 5.38 Å². The lowest BCUT2D eigenvalue weighted by atomic mass is 10.4. The van der Waals surface area contributed by atoms with Crippen molar-refractivity contribution in [1.29, 1.82) is 5.26 Å². The molecule has 0 heterocycles. The monoisotopic (exact) mass is 103 g/mol. The van der Waals surface area contributed by atoms with Gasteiger partial charge >= 0.3 is 0 Å². The van der Waals surface area contributed by atoms with Gasteiger partial charge in [0.05, 0.1) is 12.5 Å². The average Bonchev–Trinajstić information content (AvgIpc) is 1.35. The molecule has 0 saturated carbocycles. The maximum Gasteiger partial charge on any atom is 0.0637 e. The molecular weight excluding hydrogens is 97.5 g/mol. The molecule has 0 aliphatic carbocycles. The van der Waals surface area contributed by atoms with E-state index in [1.54, 1.807) is 6.92 Å². The highest BCUT2D eigenvalue weighted by atomic mass is 35.5. The summed E-state index contributed by atoms with van der Waals surface area (Å²) in [6.45, 7) is 1.80. The van der Waals surface area contributed by atoms with Gasteiger partial charge < -0.3 is 0 Å². The highest BCUT2D eigenvalue weighted by molar-refractivity contribution is 6.20. The number of nitrogens with zero attached hydrogens (tertiary/aromatic N) is 1. The lowest BCUT2D eigenvalue weighted by molar-refractivity contribution is 0.978. The lowest BCUT2D eigenvalue weighted by Crippen LogP contribution is -1.83. The Hall–Kier alpha value is -0.220. The SMILES string of the molecule is CC(Cl)CC#N. The second-order valence-electron chi connectivity index (χ2n) is 1.14. The molecule has 1 unspecified atom stereocenters. The standard InChI is InChI=1S/C4H6ClN/c1-4(5)2-3-6/h4H,2H2,1H3. The Bertz CT molecular complexity index is 62.4. The molecule has 0 aliphatic heterocycles. The van der Waals surface area contributed by atoms with Crippen molar-refractivity contribution in [2.75, 3.05) is 0 Å². The summed E-state index contributed by atoms with van der Waals surface area (Å²) in [7, 11) is 0. The zero-order valence-electron chi connectivity index (χ0n) is 3.61. The first kappa shape index (κ1) is 5.78. The van der Waals surface area contributed by atoms with Gasteiger partial charge in [0.2, 0.25) is 0 Å². The van der Waals surface area contributed by atoms with Crippen molar-refractivity contribution in [3.63, 3.8) is 0 Å². The van der Waals surface area contributed by atoms with Gasteiger partial charge in [-0.1, -0.05) is 0 Å². The molecule has 1 atom stereocenters. The first-order valence-electron chi connectivity index (χ1n) is 1.78.